The molecule has 0 heterocycles. The summed E-state index contributed by atoms with van der Waals surface area (Å²) in [6.45, 7) is 2.19. The molecule has 2 rings (SSSR count). The van der Waals surface area contributed by atoms with Gasteiger partial charge in [0.1, 0.15) is 4.99 Å². The van der Waals surface area contributed by atoms with Crippen molar-refractivity contribution in [3.8, 4) is 0 Å². The van der Waals surface area contributed by atoms with E-state index in [-0.39, 0.29) is 0 Å². The molecule has 1 aliphatic rings. The van der Waals surface area contributed by atoms with Gasteiger partial charge in [-0.15, -0.1) is 0 Å². The molecule has 2 nitrogen and oxygen atoms in total. The fourth-order valence-electron chi connectivity index (χ4n) is 1.96. The zero-order chi connectivity index (χ0) is 12.4. The van der Waals surface area contributed by atoms with Gasteiger partial charge in [0.05, 0.1) is 10.7 Å². The lowest BCUT2D eigenvalue weighted by Gasteiger charge is -2.16. The molecule has 0 aliphatic heterocycles. The van der Waals surface area contributed by atoms with Gasteiger partial charge in [-0.05, 0) is 37.5 Å². The van der Waals surface area contributed by atoms with E-state index in [0.29, 0.717) is 16.1 Å². The Morgan fingerprint density at radius 3 is 2.82 bits per heavy atom. The molecule has 1 atom stereocenters. The summed E-state index contributed by atoms with van der Waals surface area (Å²) in [6.07, 6.45) is 3.97. The molecule has 0 bridgehead atoms. The minimum Gasteiger partial charge on any atom is -0.389 e. The van der Waals surface area contributed by atoms with Crippen LogP contribution in [0, 0.1) is 5.92 Å². The monoisotopic (exact) mass is 268 g/mol. The molecule has 4 heteroatoms. The van der Waals surface area contributed by atoms with Crippen molar-refractivity contribution in [1.29, 1.82) is 0 Å². The predicted octanol–water partition coefficient (Wildman–Crippen LogP) is 3.57. The second-order valence-electron chi connectivity index (χ2n) is 4.78. The summed E-state index contributed by atoms with van der Waals surface area (Å²) in [7, 11) is 0. The van der Waals surface area contributed by atoms with Crippen molar-refractivity contribution in [2.45, 2.75) is 32.2 Å². The number of hydrogen-bond donors (Lipinski definition) is 2. The molecule has 1 fully saturated rings. The Bertz CT molecular complexity index is 429. The van der Waals surface area contributed by atoms with E-state index in [1.54, 1.807) is 0 Å². The average Bonchev–Trinajstić information content (AvgIpc) is 3.04. The molecule has 1 unspecified atom stereocenters. The molecule has 3 N–H and O–H groups in total. The number of thiocarbonyl (C=S) groups is 1. The molecule has 1 saturated carbocycles. The summed E-state index contributed by atoms with van der Waals surface area (Å²) in [5, 5.41) is 4.11. The van der Waals surface area contributed by atoms with Crippen molar-refractivity contribution >= 4 is 34.5 Å². The van der Waals surface area contributed by atoms with Crippen LogP contribution in [0.25, 0.3) is 0 Å². The third kappa shape index (κ3) is 3.58. The van der Waals surface area contributed by atoms with E-state index in [9.17, 15) is 0 Å². The number of halogens is 1. The molecular formula is C13H17ClN2S. The quantitative estimate of drug-likeness (QED) is 0.802. The van der Waals surface area contributed by atoms with Gasteiger partial charge in [0.15, 0.2) is 0 Å². The van der Waals surface area contributed by atoms with E-state index in [1.807, 2.05) is 18.2 Å². The molecule has 0 amide bonds. The lowest BCUT2D eigenvalue weighted by Crippen LogP contribution is -2.16. The van der Waals surface area contributed by atoms with E-state index >= 15 is 0 Å². The molecule has 1 aromatic rings. The number of nitrogens with one attached hydrogen (secondary N) is 1. The van der Waals surface area contributed by atoms with Crippen LogP contribution in [0.15, 0.2) is 18.2 Å². The first-order valence-electron chi connectivity index (χ1n) is 5.92. The first-order chi connectivity index (χ1) is 8.06. The number of benzene rings is 1. The lowest BCUT2D eigenvalue weighted by molar-refractivity contribution is 0.642. The Kier molecular flexibility index (Phi) is 3.89. The van der Waals surface area contributed by atoms with Crippen molar-refractivity contribution in [3.05, 3.63) is 28.8 Å². The fourth-order valence-corrected chi connectivity index (χ4v) is 2.33. The Morgan fingerprint density at radius 1 is 1.59 bits per heavy atom. The first-order valence-corrected chi connectivity index (χ1v) is 6.71. The maximum Gasteiger partial charge on any atom is 0.104 e. The summed E-state index contributed by atoms with van der Waals surface area (Å²) in [5.41, 5.74) is 7.33. The van der Waals surface area contributed by atoms with Crippen LogP contribution in [0.2, 0.25) is 5.02 Å². The highest BCUT2D eigenvalue weighted by Gasteiger charge is 2.23. The van der Waals surface area contributed by atoms with Crippen LogP contribution in [-0.4, -0.2) is 11.0 Å². The third-order valence-corrected chi connectivity index (χ3v) is 3.59. The van der Waals surface area contributed by atoms with Crippen LogP contribution in [0.3, 0.4) is 0 Å². The number of rotatable bonds is 5. The molecule has 0 spiro atoms. The lowest BCUT2D eigenvalue weighted by atomic mass is 10.1. The largest absolute Gasteiger partial charge is 0.389 e. The van der Waals surface area contributed by atoms with Crippen molar-refractivity contribution < 1.29 is 0 Å². The number of hydrogen-bond acceptors (Lipinski definition) is 2. The fraction of sp³-hybridized carbons (Fsp3) is 0.462. The van der Waals surface area contributed by atoms with Crippen LogP contribution >= 0.6 is 23.8 Å². The smallest absolute Gasteiger partial charge is 0.104 e. The summed E-state index contributed by atoms with van der Waals surface area (Å²) < 4.78 is 0. The van der Waals surface area contributed by atoms with E-state index in [0.717, 1.165) is 17.2 Å². The zero-order valence-corrected chi connectivity index (χ0v) is 11.4. The molecule has 0 saturated heterocycles. The van der Waals surface area contributed by atoms with Gasteiger partial charge in [-0.3, -0.25) is 0 Å². The number of anilines is 1. The normalized spacial score (nSPS) is 16.6. The van der Waals surface area contributed by atoms with Crippen molar-refractivity contribution in [3.63, 3.8) is 0 Å². The maximum atomic E-state index is 6.19. The van der Waals surface area contributed by atoms with Crippen LogP contribution in [0.5, 0.6) is 0 Å². The topological polar surface area (TPSA) is 38.0 Å². The van der Waals surface area contributed by atoms with Crippen molar-refractivity contribution in [2.24, 2.45) is 11.7 Å². The predicted molar refractivity (Wildman–Crippen MR) is 77.8 cm³/mol. The Balaban J connectivity index is 2.02. The van der Waals surface area contributed by atoms with Crippen LogP contribution < -0.4 is 11.1 Å². The highest BCUT2D eigenvalue weighted by molar-refractivity contribution is 7.80. The van der Waals surface area contributed by atoms with Gasteiger partial charge in [0.2, 0.25) is 0 Å². The average molecular weight is 269 g/mol. The molecule has 17 heavy (non-hydrogen) atoms. The van der Waals surface area contributed by atoms with Crippen LogP contribution in [0.1, 0.15) is 31.7 Å². The maximum absolute atomic E-state index is 6.19. The van der Waals surface area contributed by atoms with Crippen molar-refractivity contribution in [2.75, 3.05) is 5.32 Å². The van der Waals surface area contributed by atoms with E-state index in [1.165, 1.54) is 19.3 Å². The highest BCUT2D eigenvalue weighted by Crippen LogP contribution is 2.34. The van der Waals surface area contributed by atoms with Gasteiger partial charge in [-0.2, -0.15) is 0 Å². The zero-order valence-electron chi connectivity index (χ0n) is 9.87. The summed E-state index contributed by atoms with van der Waals surface area (Å²) in [5.74, 6) is 0.909. The Hall–Kier alpha value is -0.800. The Morgan fingerprint density at radius 2 is 2.29 bits per heavy atom. The summed E-state index contributed by atoms with van der Waals surface area (Å²) in [6, 6.07) is 6.12. The number of nitrogens with two attached hydrogens (primary N) is 1. The minimum absolute atomic E-state index is 0.379. The molecule has 1 aliphatic carbocycles. The second kappa shape index (κ2) is 5.23. The van der Waals surface area contributed by atoms with Crippen LogP contribution in [0.4, 0.5) is 5.69 Å². The summed E-state index contributed by atoms with van der Waals surface area (Å²) in [4.78, 5) is 0.379. The van der Waals surface area contributed by atoms with Gasteiger partial charge in [0.25, 0.3) is 0 Å². The first kappa shape index (κ1) is 12.7. The Labute approximate surface area is 113 Å². The molecule has 1 aromatic carbocycles. The molecule has 0 aromatic heterocycles. The standard InChI is InChI=1S/C13H17ClN2S/c1-8(6-9-2-3-9)16-12-5-4-10(13(15)17)7-11(12)14/h4-5,7-9,16H,2-3,6H2,1H3,(H2,15,17). The van der Waals surface area contributed by atoms with Crippen molar-refractivity contribution in [1.82, 2.24) is 0 Å². The van der Waals surface area contributed by atoms with Gasteiger partial charge < -0.3 is 11.1 Å². The molecule has 0 radical (unpaired) electrons. The van der Waals surface area contributed by atoms with E-state index in [4.69, 9.17) is 29.6 Å². The highest BCUT2D eigenvalue weighted by atomic mass is 35.5. The van der Waals surface area contributed by atoms with Gasteiger partial charge in [-0.25, -0.2) is 0 Å². The van der Waals surface area contributed by atoms with Crippen LogP contribution in [-0.2, 0) is 0 Å². The third-order valence-electron chi connectivity index (χ3n) is 3.04. The SMILES string of the molecule is CC(CC1CC1)Nc1ccc(C(N)=S)cc1Cl. The molecular weight excluding hydrogens is 252 g/mol. The van der Waals surface area contributed by atoms with E-state index < -0.39 is 0 Å². The second-order valence-corrected chi connectivity index (χ2v) is 5.63. The molecule has 92 valence electrons. The van der Waals surface area contributed by atoms with Gasteiger partial charge >= 0.3 is 0 Å². The van der Waals surface area contributed by atoms with Gasteiger partial charge in [-0.1, -0.05) is 36.7 Å². The summed E-state index contributed by atoms with van der Waals surface area (Å²) >= 11 is 11.1. The van der Waals surface area contributed by atoms with Gasteiger partial charge in [0, 0.05) is 11.6 Å². The minimum atomic E-state index is 0.379. The van der Waals surface area contributed by atoms with E-state index in [2.05, 4.69) is 12.2 Å².